The van der Waals surface area contributed by atoms with E-state index in [1.165, 1.54) is 12.2 Å². The van der Waals surface area contributed by atoms with Gasteiger partial charge in [-0.1, -0.05) is 40.9 Å². The summed E-state index contributed by atoms with van der Waals surface area (Å²) in [4.78, 5) is 15.2. The number of aliphatic imine (C=N–C) groups is 1. The molecular formula is C10H9Cl3N2O2. The lowest BCUT2D eigenvalue weighted by molar-refractivity contribution is -0.113. The van der Waals surface area contributed by atoms with Crippen LogP contribution in [0, 0.1) is 0 Å². The second-order valence-electron chi connectivity index (χ2n) is 3.87. The van der Waals surface area contributed by atoms with E-state index in [9.17, 15) is 9.90 Å². The van der Waals surface area contributed by atoms with E-state index < -0.39 is 15.1 Å². The maximum absolute atomic E-state index is 11.2. The van der Waals surface area contributed by atoms with Gasteiger partial charge in [0.15, 0.2) is 11.6 Å². The molecule has 0 aromatic carbocycles. The third-order valence-electron chi connectivity index (χ3n) is 2.59. The molecular weight excluding hydrogens is 286 g/mol. The topological polar surface area (TPSA) is 61.7 Å². The smallest absolute Gasteiger partial charge is 0.247 e. The number of aliphatic hydroxyl groups excluding tert-OH is 1. The van der Waals surface area contributed by atoms with Gasteiger partial charge in [0.05, 0.1) is 5.54 Å². The number of halogens is 3. The molecule has 92 valence electrons. The minimum Gasteiger partial charge on any atom is -0.504 e. The van der Waals surface area contributed by atoms with Crippen molar-refractivity contribution in [2.24, 2.45) is 4.99 Å². The van der Waals surface area contributed by atoms with Gasteiger partial charge in [-0.05, 0) is 18.6 Å². The Kier molecular flexibility index (Phi) is 3.14. The Bertz CT molecular complexity index is 451. The first-order chi connectivity index (χ1) is 7.82. The molecule has 1 spiro atoms. The first-order valence-corrected chi connectivity index (χ1v) is 6.01. The van der Waals surface area contributed by atoms with E-state index >= 15 is 0 Å². The van der Waals surface area contributed by atoms with Crippen molar-refractivity contribution in [3.8, 4) is 0 Å². The van der Waals surface area contributed by atoms with Gasteiger partial charge in [-0.15, -0.1) is 0 Å². The predicted octanol–water partition coefficient (Wildman–Crippen LogP) is 2.07. The maximum atomic E-state index is 11.2. The Morgan fingerprint density at radius 3 is 2.76 bits per heavy atom. The van der Waals surface area contributed by atoms with Crippen LogP contribution in [-0.4, -0.2) is 32.6 Å². The lowest BCUT2D eigenvalue weighted by Crippen LogP contribution is -2.54. The first-order valence-electron chi connectivity index (χ1n) is 4.88. The van der Waals surface area contributed by atoms with Crippen LogP contribution < -0.4 is 5.32 Å². The number of nitrogens with zero attached hydrogens (tertiary/aromatic N) is 1. The fraction of sp³-hybridized carbons (Fsp3) is 0.400. The van der Waals surface area contributed by atoms with Crippen molar-refractivity contribution >= 4 is 46.4 Å². The summed E-state index contributed by atoms with van der Waals surface area (Å²) < 4.78 is -1.65. The van der Waals surface area contributed by atoms with E-state index in [0.29, 0.717) is 13.0 Å². The highest BCUT2D eigenvalue weighted by Crippen LogP contribution is 2.32. The molecule has 0 radical (unpaired) electrons. The number of allylic oxidation sites excluding steroid dienone is 1. The van der Waals surface area contributed by atoms with Crippen LogP contribution in [0.5, 0.6) is 0 Å². The van der Waals surface area contributed by atoms with Crippen LogP contribution in [0.3, 0.4) is 0 Å². The molecule has 1 aliphatic carbocycles. The average molecular weight is 296 g/mol. The molecule has 0 aromatic rings. The Morgan fingerprint density at radius 2 is 2.18 bits per heavy atom. The molecule has 1 heterocycles. The summed E-state index contributed by atoms with van der Waals surface area (Å²) >= 11 is 17.2. The maximum Gasteiger partial charge on any atom is 0.247 e. The van der Waals surface area contributed by atoms with Gasteiger partial charge >= 0.3 is 0 Å². The predicted molar refractivity (Wildman–Crippen MR) is 67.9 cm³/mol. The molecule has 0 saturated heterocycles. The number of carbonyl (C=O) groups is 1. The first kappa shape index (κ1) is 12.7. The summed E-state index contributed by atoms with van der Waals surface area (Å²) in [5.41, 5.74) is -0.709. The normalized spacial score (nSPS) is 28.8. The Labute approximate surface area is 113 Å². The van der Waals surface area contributed by atoms with E-state index in [2.05, 4.69) is 10.3 Å². The molecule has 2 N–H and O–H groups in total. The number of nitrogens with one attached hydrogen (secondary N) is 1. The van der Waals surface area contributed by atoms with Gasteiger partial charge in [0.25, 0.3) is 0 Å². The summed E-state index contributed by atoms with van der Waals surface area (Å²) in [7, 11) is 0. The number of aliphatic hydroxyl groups is 1. The summed E-state index contributed by atoms with van der Waals surface area (Å²) in [6.07, 6.45) is 4.93. The molecule has 0 saturated carbocycles. The largest absolute Gasteiger partial charge is 0.504 e. The van der Waals surface area contributed by atoms with Crippen LogP contribution in [-0.2, 0) is 4.79 Å². The van der Waals surface area contributed by atoms with Crippen molar-refractivity contribution in [3.05, 3.63) is 24.0 Å². The lowest BCUT2D eigenvalue weighted by atomic mass is 9.88. The number of ketones is 1. The fourth-order valence-corrected chi connectivity index (χ4v) is 2.06. The number of carbonyl (C=O) groups excluding carboxylic acids is 1. The highest BCUT2D eigenvalue weighted by molar-refractivity contribution is 6.76. The van der Waals surface area contributed by atoms with Gasteiger partial charge in [0.2, 0.25) is 9.58 Å². The van der Waals surface area contributed by atoms with Crippen LogP contribution in [0.1, 0.15) is 6.42 Å². The van der Waals surface area contributed by atoms with Crippen LogP contribution in [0.25, 0.3) is 0 Å². The minimum atomic E-state index is -1.65. The van der Waals surface area contributed by atoms with Crippen molar-refractivity contribution in [2.45, 2.75) is 15.8 Å². The zero-order valence-electron chi connectivity index (χ0n) is 8.58. The summed E-state index contributed by atoms with van der Waals surface area (Å²) in [6.45, 7) is 0.443. The number of amidine groups is 1. The summed E-state index contributed by atoms with van der Waals surface area (Å²) in [5.74, 6) is -0.544. The van der Waals surface area contributed by atoms with E-state index in [1.54, 1.807) is 6.08 Å². The van der Waals surface area contributed by atoms with Gasteiger partial charge < -0.3 is 10.4 Å². The van der Waals surface area contributed by atoms with E-state index in [0.717, 1.165) is 0 Å². The van der Waals surface area contributed by atoms with Gasteiger partial charge in [0.1, 0.15) is 0 Å². The number of alkyl halides is 3. The van der Waals surface area contributed by atoms with Crippen molar-refractivity contribution in [1.82, 2.24) is 5.32 Å². The molecule has 1 aliphatic heterocycles. The SMILES string of the molecule is O=C1C=CC2(C=C1O)CCN=C(C(Cl)(Cl)Cl)N2. The fourth-order valence-electron chi connectivity index (χ4n) is 1.74. The third-order valence-corrected chi connectivity index (χ3v) is 3.13. The second kappa shape index (κ2) is 4.19. The van der Waals surface area contributed by atoms with E-state index in [1.807, 2.05) is 0 Å². The summed E-state index contributed by atoms with van der Waals surface area (Å²) in [6, 6.07) is 0. The van der Waals surface area contributed by atoms with Gasteiger partial charge in [0, 0.05) is 6.54 Å². The molecule has 0 aromatic heterocycles. The molecule has 0 bridgehead atoms. The minimum absolute atomic E-state index is 0.205. The molecule has 7 heteroatoms. The molecule has 17 heavy (non-hydrogen) atoms. The number of hydrogen-bond acceptors (Lipinski definition) is 4. The highest BCUT2D eigenvalue weighted by Gasteiger charge is 2.39. The monoisotopic (exact) mass is 294 g/mol. The van der Waals surface area contributed by atoms with Crippen LogP contribution in [0.4, 0.5) is 0 Å². The van der Waals surface area contributed by atoms with E-state index in [-0.39, 0.29) is 11.6 Å². The number of rotatable bonds is 0. The molecule has 0 amide bonds. The van der Waals surface area contributed by atoms with Crippen molar-refractivity contribution in [1.29, 1.82) is 0 Å². The quantitative estimate of drug-likeness (QED) is 0.673. The third kappa shape index (κ3) is 2.59. The van der Waals surface area contributed by atoms with Crippen molar-refractivity contribution in [3.63, 3.8) is 0 Å². The van der Waals surface area contributed by atoms with Crippen molar-refractivity contribution < 1.29 is 9.90 Å². The molecule has 1 unspecified atom stereocenters. The second-order valence-corrected chi connectivity index (χ2v) is 6.15. The van der Waals surface area contributed by atoms with Crippen LogP contribution in [0.15, 0.2) is 29.0 Å². The highest BCUT2D eigenvalue weighted by atomic mass is 35.6. The van der Waals surface area contributed by atoms with Gasteiger partial charge in [-0.25, -0.2) is 0 Å². The average Bonchev–Trinajstić information content (AvgIpc) is 2.23. The molecule has 0 fully saturated rings. The zero-order chi connectivity index (χ0) is 12.7. The Hall–Kier alpha value is -0.710. The zero-order valence-corrected chi connectivity index (χ0v) is 10.9. The molecule has 2 aliphatic rings. The molecule has 1 atom stereocenters. The lowest BCUT2D eigenvalue weighted by Gasteiger charge is -2.36. The number of hydrogen-bond donors (Lipinski definition) is 2. The molecule has 2 rings (SSSR count). The Balaban J connectivity index is 2.29. The summed E-state index contributed by atoms with van der Waals surface area (Å²) in [5, 5.41) is 12.4. The van der Waals surface area contributed by atoms with E-state index in [4.69, 9.17) is 34.8 Å². The molecule has 4 nitrogen and oxygen atoms in total. The van der Waals surface area contributed by atoms with Crippen LogP contribution >= 0.6 is 34.8 Å². The van der Waals surface area contributed by atoms with Gasteiger partial charge in [-0.2, -0.15) is 0 Å². The van der Waals surface area contributed by atoms with Crippen molar-refractivity contribution in [2.75, 3.05) is 6.54 Å². The Morgan fingerprint density at radius 1 is 1.47 bits per heavy atom. The van der Waals surface area contributed by atoms with Gasteiger partial charge in [-0.3, -0.25) is 9.79 Å². The standard InChI is InChI=1S/C10H9Cl3N2O2/c11-10(12,13)8-14-4-3-9(15-8)2-1-6(16)7(17)5-9/h1-2,5,17H,3-4H2,(H,14,15). The van der Waals surface area contributed by atoms with Crippen LogP contribution in [0.2, 0.25) is 0 Å².